The maximum absolute atomic E-state index is 13.5. The van der Waals surface area contributed by atoms with E-state index in [-0.39, 0.29) is 11.5 Å². The number of carbonyl (C=O) groups is 1. The zero-order chi connectivity index (χ0) is 27.0. The Morgan fingerprint density at radius 1 is 1.00 bits per heavy atom. The van der Waals surface area contributed by atoms with E-state index in [2.05, 4.69) is 0 Å². The Kier molecular flexibility index (Phi) is 7.40. The van der Waals surface area contributed by atoms with Crippen LogP contribution < -0.4 is 9.47 Å². The molecule has 5 rings (SSSR count). The molecule has 1 aromatic heterocycles. The Hall–Kier alpha value is -3.44. The van der Waals surface area contributed by atoms with Gasteiger partial charge in [0, 0.05) is 27.6 Å². The van der Waals surface area contributed by atoms with Gasteiger partial charge in [-0.05, 0) is 30.3 Å². The number of methoxy groups -OCH3 is 1. The normalized spacial score (nSPS) is 23.4. The third-order valence-corrected chi connectivity index (χ3v) is 6.80. The number of aliphatic hydroxyl groups is 4. The Morgan fingerprint density at radius 3 is 2.47 bits per heavy atom. The molecule has 5 atom stereocenters. The van der Waals surface area contributed by atoms with Crippen LogP contribution in [0.4, 0.5) is 0 Å². The molecule has 0 spiro atoms. The molecule has 1 aliphatic heterocycles. The van der Waals surface area contributed by atoms with E-state index in [0.29, 0.717) is 38.5 Å². The second-order valence-corrected chi connectivity index (χ2v) is 9.35. The first-order valence-corrected chi connectivity index (χ1v) is 12.3. The minimum atomic E-state index is -1.60. The number of aromatic nitrogens is 1. The lowest BCUT2D eigenvalue weighted by molar-refractivity contribution is -0.277. The fourth-order valence-electron chi connectivity index (χ4n) is 4.53. The van der Waals surface area contributed by atoms with Crippen LogP contribution in [0.2, 0.25) is 5.02 Å². The number of aliphatic hydroxyl groups excluding tert-OH is 4. The second kappa shape index (κ2) is 10.7. The molecule has 0 saturated carbocycles. The number of fused-ring (bicyclic) bond motifs is 1. The number of benzene rings is 3. The molecule has 4 N–H and O–H groups in total. The molecule has 9 nitrogen and oxygen atoms in total. The summed E-state index contributed by atoms with van der Waals surface area (Å²) in [6.07, 6.45) is -5.62. The maximum Gasteiger partial charge on any atom is 0.229 e. The van der Waals surface area contributed by atoms with Crippen LogP contribution in [0.15, 0.2) is 72.9 Å². The van der Waals surface area contributed by atoms with E-state index in [1.54, 1.807) is 71.4 Å². The molecular formula is C28H26ClNO8. The van der Waals surface area contributed by atoms with Crippen molar-refractivity contribution in [3.63, 3.8) is 0 Å². The molecule has 1 saturated heterocycles. The largest absolute Gasteiger partial charge is 0.497 e. The van der Waals surface area contributed by atoms with E-state index >= 15 is 0 Å². The predicted octanol–water partition coefficient (Wildman–Crippen LogP) is 2.70. The first kappa shape index (κ1) is 26.2. The maximum atomic E-state index is 13.5. The summed E-state index contributed by atoms with van der Waals surface area (Å²) in [5.74, 6) is 0.565. The van der Waals surface area contributed by atoms with E-state index < -0.39 is 37.3 Å². The highest BCUT2D eigenvalue weighted by atomic mass is 35.5. The number of rotatable bonds is 7. The van der Waals surface area contributed by atoms with Gasteiger partial charge >= 0.3 is 0 Å². The molecular weight excluding hydrogens is 514 g/mol. The van der Waals surface area contributed by atoms with Crippen LogP contribution in [0.5, 0.6) is 11.5 Å². The zero-order valence-corrected chi connectivity index (χ0v) is 21.0. The summed E-state index contributed by atoms with van der Waals surface area (Å²) in [6, 6.07) is 19.0. The van der Waals surface area contributed by atoms with E-state index in [1.807, 2.05) is 6.07 Å². The number of ketones is 1. The van der Waals surface area contributed by atoms with Gasteiger partial charge in [-0.2, -0.15) is 0 Å². The van der Waals surface area contributed by atoms with Crippen molar-refractivity contribution < 1.29 is 39.4 Å². The fourth-order valence-corrected chi connectivity index (χ4v) is 4.69. The predicted molar refractivity (Wildman–Crippen MR) is 139 cm³/mol. The second-order valence-electron chi connectivity index (χ2n) is 8.92. The lowest BCUT2D eigenvalue weighted by Crippen LogP contribution is -2.60. The van der Waals surface area contributed by atoms with Crippen LogP contribution >= 0.6 is 11.6 Å². The molecule has 0 bridgehead atoms. The van der Waals surface area contributed by atoms with Crippen molar-refractivity contribution in [2.45, 2.75) is 30.7 Å². The third kappa shape index (κ3) is 4.76. The molecule has 3 aromatic carbocycles. The van der Waals surface area contributed by atoms with Gasteiger partial charge in [0.2, 0.25) is 6.29 Å². The lowest BCUT2D eigenvalue weighted by Gasteiger charge is -2.39. The quantitative estimate of drug-likeness (QED) is 0.264. The number of halogens is 1. The van der Waals surface area contributed by atoms with Crippen LogP contribution in [0.25, 0.3) is 16.6 Å². The molecule has 1 aliphatic rings. The van der Waals surface area contributed by atoms with Gasteiger partial charge < -0.3 is 39.2 Å². The van der Waals surface area contributed by atoms with Crippen LogP contribution in [0.1, 0.15) is 15.9 Å². The minimum absolute atomic E-state index is 0.205. The smallest absolute Gasteiger partial charge is 0.229 e. The Bertz CT molecular complexity index is 1450. The van der Waals surface area contributed by atoms with Gasteiger partial charge in [-0.25, -0.2) is 0 Å². The molecule has 0 aliphatic carbocycles. The van der Waals surface area contributed by atoms with Gasteiger partial charge in [0.25, 0.3) is 0 Å². The van der Waals surface area contributed by atoms with Crippen molar-refractivity contribution in [2.24, 2.45) is 0 Å². The number of nitrogens with zero attached hydrogens (tertiary/aromatic N) is 1. The summed E-state index contributed by atoms with van der Waals surface area (Å²) in [5, 5.41) is 41.4. The molecule has 198 valence electrons. The van der Waals surface area contributed by atoms with Crippen LogP contribution in [0, 0.1) is 0 Å². The summed E-state index contributed by atoms with van der Waals surface area (Å²) in [4.78, 5) is 13.5. The highest BCUT2D eigenvalue weighted by Crippen LogP contribution is 2.37. The molecule has 1 fully saturated rings. The van der Waals surface area contributed by atoms with E-state index in [9.17, 15) is 25.2 Å². The van der Waals surface area contributed by atoms with Crippen molar-refractivity contribution in [1.29, 1.82) is 0 Å². The standard InChI is InChI=1S/C28H26ClNO8/c1-36-17-8-10-19(24(32)15-5-3-2-4-6-15)21(12-17)30-13-22(18-9-7-16(29)11-20(18)30)37-28-27(35)26(34)25(33)23(14-31)38-28/h2-13,23,25-28,31,33-35H,14H2,1H3/t23-,25+,26+,27-,28-/m1/s1. The summed E-state index contributed by atoms with van der Waals surface area (Å²) < 4.78 is 18.7. The third-order valence-electron chi connectivity index (χ3n) is 6.57. The first-order chi connectivity index (χ1) is 18.3. The molecule has 2 heterocycles. The van der Waals surface area contributed by atoms with Crippen LogP contribution in [-0.4, -0.2) is 75.2 Å². The summed E-state index contributed by atoms with van der Waals surface area (Å²) in [7, 11) is 1.52. The van der Waals surface area contributed by atoms with Gasteiger partial charge in [-0.1, -0.05) is 41.9 Å². The van der Waals surface area contributed by atoms with Crippen molar-refractivity contribution in [3.8, 4) is 17.2 Å². The van der Waals surface area contributed by atoms with Crippen molar-refractivity contribution >= 4 is 28.3 Å². The van der Waals surface area contributed by atoms with Crippen molar-refractivity contribution in [2.75, 3.05) is 13.7 Å². The van der Waals surface area contributed by atoms with Gasteiger partial charge in [-0.3, -0.25) is 4.79 Å². The summed E-state index contributed by atoms with van der Waals surface area (Å²) in [6.45, 7) is -0.586. The Labute approximate surface area is 223 Å². The van der Waals surface area contributed by atoms with Crippen LogP contribution in [-0.2, 0) is 4.74 Å². The number of hydrogen-bond donors (Lipinski definition) is 4. The average Bonchev–Trinajstić information content (AvgIpc) is 3.29. The van der Waals surface area contributed by atoms with E-state index in [1.165, 1.54) is 7.11 Å². The Morgan fingerprint density at radius 2 is 1.76 bits per heavy atom. The highest BCUT2D eigenvalue weighted by Gasteiger charge is 2.45. The molecule has 10 heteroatoms. The van der Waals surface area contributed by atoms with Crippen molar-refractivity contribution in [3.05, 3.63) is 89.1 Å². The molecule has 38 heavy (non-hydrogen) atoms. The molecule has 0 radical (unpaired) electrons. The molecule has 0 amide bonds. The number of ether oxygens (including phenoxy) is 3. The average molecular weight is 540 g/mol. The Balaban J connectivity index is 1.63. The minimum Gasteiger partial charge on any atom is -0.497 e. The SMILES string of the molecule is COc1ccc(C(=O)c2ccccc2)c(-n2cc(O[C@@H]3O[C@H](CO)[C@H](O)[C@H](O)[C@H]3O)c3ccc(Cl)cc32)c1. The van der Waals surface area contributed by atoms with E-state index in [4.69, 9.17) is 25.8 Å². The lowest BCUT2D eigenvalue weighted by atomic mass is 9.99. The zero-order valence-electron chi connectivity index (χ0n) is 20.3. The van der Waals surface area contributed by atoms with Gasteiger partial charge in [0.15, 0.2) is 5.78 Å². The fraction of sp³-hybridized carbons (Fsp3) is 0.250. The summed E-state index contributed by atoms with van der Waals surface area (Å²) >= 11 is 6.33. The number of hydrogen-bond acceptors (Lipinski definition) is 8. The molecule has 0 unspecified atom stereocenters. The van der Waals surface area contributed by atoms with Crippen LogP contribution in [0.3, 0.4) is 0 Å². The van der Waals surface area contributed by atoms with Gasteiger partial charge in [0.1, 0.15) is 35.9 Å². The first-order valence-electron chi connectivity index (χ1n) is 11.9. The number of carbonyl (C=O) groups excluding carboxylic acids is 1. The summed E-state index contributed by atoms with van der Waals surface area (Å²) in [5.41, 5.74) is 1.99. The molecule has 4 aromatic rings. The highest BCUT2D eigenvalue weighted by molar-refractivity contribution is 6.31. The van der Waals surface area contributed by atoms with Gasteiger partial charge in [0.05, 0.1) is 31.1 Å². The topological polar surface area (TPSA) is 131 Å². The van der Waals surface area contributed by atoms with Gasteiger partial charge in [-0.15, -0.1) is 0 Å². The monoisotopic (exact) mass is 539 g/mol. The van der Waals surface area contributed by atoms with E-state index in [0.717, 1.165) is 0 Å². The van der Waals surface area contributed by atoms with Crippen molar-refractivity contribution in [1.82, 2.24) is 4.57 Å².